The van der Waals surface area contributed by atoms with Crippen LogP contribution in [0.3, 0.4) is 0 Å². The Balaban J connectivity index is 0.000000134. The van der Waals surface area contributed by atoms with E-state index in [1.54, 1.807) is 6.08 Å². The lowest BCUT2D eigenvalue weighted by Gasteiger charge is -1.93. The van der Waals surface area contributed by atoms with Crippen LogP contribution in [0.5, 0.6) is 0 Å². The van der Waals surface area contributed by atoms with Gasteiger partial charge in [-0.25, -0.2) is 0 Å². The second-order valence-corrected chi connectivity index (χ2v) is 4.03. The van der Waals surface area contributed by atoms with Crippen LogP contribution in [0.1, 0.15) is 16.7 Å². The van der Waals surface area contributed by atoms with Crippen LogP contribution in [0.15, 0.2) is 66.9 Å². The highest BCUT2D eigenvalue weighted by Crippen LogP contribution is 2.17. The third-order valence-corrected chi connectivity index (χ3v) is 2.76. The fourth-order valence-electron chi connectivity index (χ4n) is 1.85. The Kier molecular flexibility index (Phi) is 4.37. The molecule has 0 saturated heterocycles. The Hall–Kier alpha value is -2.28. The van der Waals surface area contributed by atoms with Crippen LogP contribution in [0, 0.1) is 0 Å². The first-order chi connectivity index (χ1) is 8.90. The van der Waals surface area contributed by atoms with Crippen molar-refractivity contribution in [3.05, 3.63) is 83.6 Å². The fourth-order valence-corrected chi connectivity index (χ4v) is 1.85. The van der Waals surface area contributed by atoms with Crippen molar-refractivity contribution in [2.75, 3.05) is 0 Å². The second-order valence-electron chi connectivity index (χ2n) is 4.03. The first-order valence-electron chi connectivity index (χ1n) is 6.00. The average molecular weight is 236 g/mol. The Bertz CT molecular complexity index is 539. The van der Waals surface area contributed by atoms with Gasteiger partial charge in [-0.05, 0) is 29.2 Å². The summed E-state index contributed by atoms with van der Waals surface area (Å²) in [5.74, 6) is 0. The number of hydrogen-bond acceptors (Lipinski definition) is 1. The van der Waals surface area contributed by atoms with Crippen LogP contribution in [-0.4, -0.2) is 5.11 Å². The molecule has 0 bridgehead atoms. The van der Waals surface area contributed by atoms with Gasteiger partial charge in [0.2, 0.25) is 0 Å². The minimum Gasteiger partial charge on any atom is -0.516 e. The van der Waals surface area contributed by atoms with Gasteiger partial charge >= 0.3 is 0 Å². The quantitative estimate of drug-likeness (QED) is 0.724. The lowest BCUT2D eigenvalue weighted by molar-refractivity contribution is 0.478. The molecular formula is C17H16O. The van der Waals surface area contributed by atoms with E-state index >= 15 is 0 Å². The van der Waals surface area contributed by atoms with Crippen LogP contribution >= 0.6 is 0 Å². The van der Waals surface area contributed by atoms with E-state index in [-0.39, 0.29) is 0 Å². The van der Waals surface area contributed by atoms with Gasteiger partial charge in [0.25, 0.3) is 0 Å². The number of aliphatic hydroxyl groups excluding tert-OH is 1. The van der Waals surface area contributed by atoms with Gasteiger partial charge in [-0.1, -0.05) is 66.7 Å². The summed E-state index contributed by atoms with van der Waals surface area (Å²) >= 11 is 0. The van der Waals surface area contributed by atoms with Crippen molar-refractivity contribution in [3.8, 4) is 0 Å². The van der Waals surface area contributed by atoms with Gasteiger partial charge in [0, 0.05) is 0 Å². The van der Waals surface area contributed by atoms with E-state index in [1.807, 2.05) is 30.3 Å². The summed E-state index contributed by atoms with van der Waals surface area (Å²) in [4.78, 5) is 0. The van der Waals surface area contributed by atoms with Crippen molar-refractivity contribution >= 4 is 12.2 Å². The molecule has 0 spiro atoms. The predicted molar refractivity (Wildman–Crippen MR) is 77.3 cm³/mol. The van der Waals surface area contributed by atoms with Crippen LogP contribution < -0.4 is 0 Å². The molecule has 1 nitrogen and oxygen atoms in total. The Morgan fingerprint density at radius 3 is 2.33 bits per heavy atom. The minimum absolute atomic E-state index is 1.01. The van der Waals surface area contributed by atoms with Crippen molar-refractivity contribution in [1.82, 2.24) is 0 Å². The molecule has 0 fully saturated rings. The van der Waals surface area contributed by atoms with E-state index in [9.17, 15) is 0 Å². The number of hydrogen-bond donors (Lipinski definition) is 1. The minimum atomic E-state index is 1.01. The molecule has 0 aromatic heterocycles. The normalized spacial score (nSPS) is 12.0. The van der Waals surface area contributed by atoms with Gasteiger partial charge in [-0.2, -0.15) is 0 Å². The topological polar surface area (TPSA) is 20.2 Å². The maximum atomic E-state index is 8.34. The highest BCUT2D eigenvalue weighted by Gasteiger charge is 2.00. The van der Waals surface area contributed by atoms with Crippen LogP contribution in [-0.2, 0) is 6.42 Å². The van der Waals surface area contributed by atoms with Crippen molar-refractivity contribution in [1.29, 1.82) is 0 Å². The molecule has 0 aliphatic heterocycles. The van der Waals surface area contributed by atoms with Crippen molar-refractivity contribution in [3.63, 3.8) is 0 Å². The summed E-state index contributed by atoms with van der Waals surface area (Å²) in [6.45, 7) is 0. The van der Waals surface area contributed by atoms with E-state index in [0.717, 1.165) is 18.2 Å². The predicted octanol–water partition coefficient (Wildman–Crippen LogP) is 4.47. The van der Waals surface area contributed by atoms with E-state index in [4.69, 9.17) is 5.11 Å². The number of fused-ring (bicyclic) bond motifs is 1. The third-order valence-electron chi connectivity index (χ3n) is 2.76. The third kappa shape index (κ3) is 3.36. The number of rotatable bonds is 1. The van der Waals surface area contributed by atoms with E-state index < -0.39 is 0 Å². The van der Waals surface area contributed by atoms with E-state index in [2.05, 4.69) is 36.4 Å². The highest BCUT2D eigenvalue weighted by atomic mass is 16.2. The molecule has 0 atom stereocenters. The van der Waals surface area contributed by atoms with E-state index in [0.29, 0.717) is 0 Å². The second kappa shape index (κ2) is 6.45. The average Bonchev–Trinajstić information content (AvgIpc) is 2.89. The summed E-state index contributed by atoms with van der Waals surface area (Å²) in [6.07, 6.45) is 8.17. The molecule has 1 N–H and O–H groups in total. The summed E-state index contributed by atoms with van der Waals surface area (Å²) in [5.41, 5.74) is 3.86. The summed E-state index contributed by atoms with van der Waals surface area (Å²) in [6, 6.07) is 18.1. The van der Waals surface area contributed by atoms with Crippen molar-refractivity contribution < 1.29 is 5.11 Å². The molecule has 0 radical (unpaired) electrons. The number of benzene rings is 2. The van der Waals surface area contributed by atoms with Gasteiger partial charge in [0.05, 0.1) is 6.26 Å². The molecule has 0 unspecified atom stereocenters. The number of allylic oxidation sites excluding steroid dienone is 1. The smallest absolute Gasteiger partial charge is 0.0797 e. The first-order valence-corrected chi connectivity index (χ1v) is 6.00. The highest BCUT2D eigenvalue weighted by molar-refractivity contribution is 5.59. The Morgan fingerprint density at radius 2 is 1.61 bits per heavy atom. The SMILES string of the molecule is C1=Cc2ccccc2C1.OC=Cc1ccccc1. The molecular weight excluding hydrogens is 220 g/mol. The molecule has 0 saturated carbocycles. The summed E-state index contributed by atoms with van der Waals surface area (Å²) < 4.78 is 0. The van der Waals surface area contributed by atoms with Gasteiger partial charge in [-0.3, -0.25) is 0 Å². The lowest BCUT2D eigenvalue weighted by atomic mass is 10.1. The zero-order valence-electron chi connectivity index (χ0n) is 10.2. The molecule has 0 heterocycles. The maximum Gasteiger partial charge on any atom is 0.0797 e. The molecule has 90 valence electrons. The Labute approximate surface area is 108 Å². The molecule has 2 aromatic carbocycles. The molecule has 2 aromatic rings. The summed E-state index contributed by atoms with van der Waals surface area (Å²) in [5, 5.41) is 8.34. The molecule has 18 heavy (non-hydrogen) atoms. The van der Waals surface area contributed by atoms with Gasteiger partial charge in [0.1, 0.15) is 0 Å². The van der Waals surface area contributed by atoms with Gasteiger partial charge in [0.15, 0.2) is 0 Å². The van der Waals surface area contributed by atoms with Crippen LogP contribution in [0.4, 0.5) is 0 Å². The molecule has 1 aliphatic carbocycles. The van der Waals surface area contributed by atoms with Gasteiger partial charge in [-0.15, -0.1) is 0 Å². The number of aliphatic hydroxyl groups is 1. The zero-order chi connectivity index (χ0) is 12.6. The van der Waals surface area contributed by atoms with Crippen LogP contribution in [0.25, 0.3) is 12.2 Å². The monoisotopic (exact) mass is 236 g/mol. The van der Waals surface area contributed by atoms with E-state index in [1.165, 1.54) is 11.1 Å². The van der Waals surface area contributed by atoms with Crippen molar-refractivity contribution in [2.45, 2.75) is 6.42 Å². The molecule has 3 rings (SSSR count). The standard InChI is InChI=1S/C9H8.C8H8O/c1-2-5-9-7-3-6-8(9)4-1;9-7-6-8-4-2-1-3-5-8/h1-6H,7H2;1-7,9H. The molecule has 0 amide bonds. The first kappa shape index (κ1) is 12.2. The Morgan fingerprint density at radius 1 is 0.889 bits per heavy atom. The molecule has 1 heteroatoms. The summed E-state index contributed by atoms with van der Waals surface area (Å²) in [7, 11) is 0. The zero-order valence-corrected chi connectivity index (χ0v) is 10.2. The fraction of sp³-hybridized carbons (Fsp3) is 0.0588. The van der Waals surface area contributed by atoms with Gasteiger partial charge < -0.3 is 5.11 Å². The molecule has 1 aliphatic rings. The maximum absolute atomic E-state index is 8.34. The largest absolute Gasteiger partial charge is 0.516 e. The van der Waals surface area contributed by atoms with Crippen LogP contribution in [0.2, 0.25) is 0 Å². The lowest BCUT2D eigenvalue weighted by Crippen LogP contribution is -1.76. The van der Waals surface area contributed by atoms with Crippen molar-refractivity contribution in [2.24, 2.45) is 0 Å².